The van der Waals surface area contributed by atoms with Gasteiger partial charge in [-0.05, 0) is 0 Å². The normalized spacial score (nSPS) is 11.6. The molecule has 0 heterocycles. The van der Waals surface area contributed by atoms with Crippen LogP contribution in [0.15, 0.2) is 121 Å². The van der Waals surface area contributed by atoms with Crippen LogP contribution in [0, 0.1) is 0 Å². The van der Waals surface area contributed by atoms with Crippen molar-refractivity contribution in [3.8, 4) is 11.5 Å². The number of rotatable bonds is 6. The molecule has 0 aromatic heterocycles. The number of para-hydroxylation sites is 2. The summed E-state index contributed by atoms with van der Waals surface area (Å²) >= 11 is 0. The molecule has 27 heavy (non-hydrogen) atoms. The van der Waals surface area contributed by atoms with Crippen LogP contribution in [-0.2, 0) is 0 Å². The third kappa shape index (κ3) is 3.86. The molecule has 0 N–H and O–H groups in total. The van der Waals surface area contributed by atoms with Crippen LogP contribution in [0.5, 0.6) is 11.5 Å². The summed E-state index contributed by atoms with van der Waals surface area (Å²) in [7, 11) is -3.03. The average Bonchev–Trinajstić information content (AvgIpc) is 2.76. The average molecular weight is 372 g/mol. The first-order valence-corrected chi connectivity index (χ1v) is 10.8. The van der Waals surface area contributed by atoms with E-state index in [1.807, 2.05) is 97.1 Å². The minimum absolute atomic E-state index is 0.799. The van der Waals surface area contributed by atoms with Crippen molar-refractivity contribution >= 4 is 18.3 Å². The molecular weight excluding hydrogens is 351 g/mol. The predicted octanol–water partition coefficient (Wildman–Crippen LogP) is 5.38. The Bertz CT molecular complexity index is 875. The zero-order chi connectivity index (χ0) is 18.4. The van der Waals surface area contributed by atoms with E-state index < -0.39 is 7.72 Å². The second kappa shape index (κ2) is 8.07. The Balaban J connectivity index is 1.90. The molecule has 0 aliphatic rings. The fourth-order valence-electron chi connectivity index (χ4n) is 3.05. The van der Waals surface area contributed by atoms with Crippen LogP contribution in [0.25, 0.3) is 0 Å². The van der Waals surface area contributed by atoms with Gasteiger partial charge in [-0.15, -0.1) is 0 Å². The van der Waals surface area contributed by atoms with Crippen molar-refractivity contribution in [3.63, 3.8) is 0 Å². The van der Waals surface area contributed by atoms with Gasteiger partial charge in [-0.3, -0.25) is 0 Å². The van der Waals surface area contributed by atoms with Crippen LogP contribution in [0.2, 0.25) is 0 Å². The summed E-state index contributed by atoms with van der Waals surface area (Å²) in [6.07, 6.45) is 0. The van der Waals surface area contributed by atoms with Gasteiger partial charge in [-0.25, -0.2) is 0 Å². The van der Waals surface area contributed by atoms with E-state index in [9.17, 15) is 0 Å². The van der Waals surface area contributed by atoms with Crippen molar-refractivity contribution in [2.24, 2.45) is 0 Å². The van der Waals surface area contributed by atoms with Crippen molar-refractivity contribution in [1.82, 2.24) is 0 Å². The summed E-state index contributed by atoms with van der Waals surface area (Å²) in [6.45, 7) is 0. The Labute approximate surface area is 160 Å². The first-order chi connectivity index (χ1) is 13.4. The molecule has 0 aliphatic carbocycles. The summed E-state index contributed by atoms with van der Waals surface area (Å²) in [5.41, 5.74) is 0. The fourth-order valence-corrected chi connectivity index (χ4v) is 6.09. The predicted molar refractivity (Wildman–Crippen MR) is 115 cm³/mol. The second-order valence-corrected chi connectivity index (χ2v) is 8.97. The minimum atomic E-state index is -3.03. The van der Waals surface area contributed by atoms with Gasteiger partial charge in [0.15, 0.2) is 0 Å². The van der Waals surface area contributed by atoms with Crippen molar-refractivity contribution in [3.05, 3.63) is 121 Å². The molecular formula is C24H21O2P. The van der Waals surface area contributed by atoms with Gasteiger partial charge in [-0.1, -0.05) is 0 Å². The Kier molecular flexibility index (Phi) is 5.18. The quantitative estimate of drug-likeness (QED) is 0.423. The van der Waals surface area contributed by atoms with Crippen LogP contribution in [0.4, 0.5) is 0 Å². The SMILES string of the molecule is c1ccc(O[PH](Oc2ccccc2)(c2ccccc2)c2ccccc2)cc1. The van der Waals surface area contributed by atoms with Crippen molar-refractivity contribution in [2.75, 3.05) is 0 Å². The van der Waals surface area contributed by atoms with E-state index in [2.05, 4.69) is 24.3 Å². The zero-order valence-corrected chi connectivity index (χ0v) is 15.9. The van der Waals surface area contributed by atoms with Crippen LogP contribution >= 0.6 is 7.72 Å². The molecule has 3 heteroatoms. The van der Waals surface area contributed by atoms with Crippen molar-refractivity contribution < 1.29 is 9.05 Å². The standard InChI is InChI=1S/C24H21O2P/c1-5-13-21(14-6-1)25-27(23-17-9-3-10-18-23,24-19-11-4-12-20-24)26-22-15-7-2-8-16-22/h1-20,27H. The maximum atomic E-state index is 6.69. The summed E-state index contributed by atoms with van der Waals surface area (Å²) in [5, 5.41) is 2.12. The van der Waals surface area contributed by atoms with Gasteiger partial charge in [0.05, 0.1) is 0 Å². The van der Waals surface area contributed by atoms with Crippen molar-refractivity contribution in [1.29, 1.82) is 0 Å². The number of hydrogen-bond acceptors (Lipinski definition) is 2. The van der Waals surface area contributed by atoms with Gasteiger partial charge < -0.3 is 0 Å². The summed E-state index contributed by atoms with van der Waals surface area (Å²) in [5.74, 6) is 1.60. The summed E-state index contributed by atoms with van der Waals surface area (Å²) < 4.78 is 13.4. The van der Waals surface area contributed by atoms with Gasteiger partial charge in [0.25, 0.3) is 0 Å². The maximum absolute atomic E-state index is 6.69. The zero-order valence-electron chi connectivity index (χ0n) is 14.9. The summed E-state index contributed by atoms with van der Waals surface area (Å²) in [6, 6.07) is 40.3. The Morgan fingerprint density at radius 2 is 0.667 bits per heavy atom. The Morgan fingerprint density at radius 3 is 1.00 bits per heavy atom. The second-order valence-electron chi connectivity index (χ2n) is 6.18. The molecule has 0 fully saturated rings. The van der Waals surface area contributed by atoms with Crippen molar-refractivity contribution in [2.45, 2.75) is 0 Å². The van der Waals surface area contributed by atoms with E-state index in [0.717, 1.165) is 22.1 Å². The molecule has 0 aliphatic heterocycles. The van der Waals surface area contributed by atoms with E-state index in [-0.39, 0.29) is 0 Å². The molecule has 0 bridgehead atoms. The molecule has 0 atom stereocenters. The van der Waals surface area contributed by atoms with E-state index in [0.29, 0.717) is 0 Å². The molecule has 0 saturated carbocycles. The van der Waals surface area contributed by atoms with Crippen LogP contribution < -0.4 is 19.7 Å². The molecule has 134 valence electrons. The molecule has 4 aromatic carbocycles. The van der Waals surface area contributed by atoms with E-state index in [1.165, 1.54) is 0 Å². The van der Waals surface area contributed by atoms with E-state index >= 15 is 0 Å². The van der Waals surface area contributed by atoms with Gasteiger partial charge in [0, 0.05) is 0 Å². The van der Waals surface area contributed by atoms with Gasteiger partial charge in [-0.2, -0.15) is 0 Å². The Hall–Kier alpha value is -3.09. The van der Waals surface area contributed by atoms with Gasteiger partial charge in [0.1, 0.15) is 0 Å². The van der Waals surface area contributed by atoms with Crippen LogP contribution in [0.3, 0.4) is 0 Å². The molecule has 2 nitrogen and oxygen atoms in total. The molecule has 0 amide bonds. The molecule has 4 rings (SSSR count). The third-order valence-electron chi connectivity index (χ3n) is 4.32. The molecule has 4 aromatic rings. The van der Waals surface area contributed by atoms with Gasteiger partial charge >= 0.3 is 160 Å². The Morgan fingerprint density at radius 1 is 0.370 bits per heavy atom. The fraction of sp³-hybridized carbons (Fsp3) is 0. The number of hydrogen-bond donors (Lipinski definition) is 0. The molecule has 0 saturated heterocycles. The summed E-state index contributed by atoms with van der Waals surface area (Å²) in [4.78, 5) is 0. The third-order valence-corrected chi connectivity index (χ3v) is 7.55. The van der Waals surface area contributed by atoms with Gasteiger partial charge in [0.2, 0.25) is 0 Å². The monoisotopic (exact) mass is 372 g/mol. The van der Waals surface area contributed by atoms with Crippen LogP contribution in [-0.4, -0.2) is 0 Å². The van der Waals surface area contributed by atoms with E-state index in [4.69, 9.17) is 9.05 Å². The topological polar surface area (TPSA) is 18.5 Å². The number of benzene rings is 4. The first-order valence-electron chi connectivity index (χ1n) is 8.96. The molecule has 0 unspecified atom stereocenters. The molecule has 0 spiro atoms. The van der Waals surface area contributed by atoms with E-state index in [1.54, 1.807) is 0 Å². The first kappa shape index (κ1) is 17.3. The van der Waals surface area contributed by atoms with Crippen LogP contribution in [0.1, 0.15) is 0 Å². The molecule has 0 radical (unpaired) electrons.